The van der Waals surface area contributed by atoms with Gasteiger partial charge < -0.3 is 9.88 Å². The van der Waals surface area contributed by atoms with Crippen molar-refractivity contribution in [2.24, 2.45) is 0 Å². The molecule has 0 amide bonds. The number of hydrogen-bond acceptors (Lipinski definition) is 1. The quantitative estimate of drug-likeness (QED) is 0.426. The van der Waals surface area contributed by atoms with Gasteiger partial charge >= 0.3 is 0 Å². The molecule has 142 valence electrons. The fourth-order valence-corrected chi connectivity index (χ4v) is 3.75. The van der Waals surface area contributed by atoms with Crippen LogP contribution in [0.4, 0.5) is 4.39 Å². The van der Waals surface area contributed by atoms with Crippen molar-refractivity contribution in [2.45, 2.75) is 26.4 Å². The molecule has 0 radical (unpaired) electrons. The summed E-state index contributed by atoms with van der Waals surface area (Å²) in [5, 5.41) is 4.75. The van der Waals surface area contributed by atoms with Gasteiger partial charge in [0.1, 0.15) is 5.82 Å². The molecule has 0 aliphatic heterocycles. The molecule has 0 fully saturated rings. The second-order valence-corrected chi connectivity index (χ2v) is 7.31. The zero-order valence-electron chi connectivity index (χ0n) is 16.2. The van der Waals surface area contributed by atoms with Gasteiger partial charge in [0, 0.05) is 30.2 Å². The Bertz CT molecular complexity index is 1080. The van der Waals surface area contributed by atoms with E-state index in [0.717, 1.165) is 25.2 Å². The molecule has 4 aromatic rings. The number of para-hydroxylation sites is 1. The molecule has 0 unspecified atom stereocenters. The van der Waals surface area contributed by atoms with E-state index in [1.165, 1.54) is 33.7 Å². The second kappa shape index (κ2) is 8.41. The zero-order chi connectivity index (χ0) is 19.3. The monoisotopic (exact) mass is 372 g/mol. The lowest BCUT2D eigenvalue weighted by molar-refractivity contribution is 0.598. The third-order valence-corrected chi connectivity index (χ3v) is 5.15. The molecule has 2 nitrogen and oxygen atoms in total. The van der Waals surface area contributed by atoms with Crippen molar-refractivity contribution in [1.82, 2.24) is 9.88 Å². The van der Waals surface area contributed by atoms with Crippen molar-refractivity contribution in [1.29, 1.82) is 0 Å². The molecule has 3 aromatic carbocycles. The first-order chi connectivity index (χ1) is 13.7. The molecular weight excluding hydrogens is 347 g/mol. The van der Waals surface area contributed by atoms with Gasteiger partial charge in [0.25, 0.3) is 0 Å². The Labute approximate surface area is 165 Å². The summed E-state index contributed by atoms with van der Waals surface area (Å²) in [5.74, 6) is -0.126. The smallest absolute Gasteiger partial charge is 0.126 e. The Balaban J connectivity index is 1.47. The topological polar surface area (TPSA) is 17.0 Å². The van der Waals surface area contributed by atoms with E-state index in [4.69, 9.17) is 0 Å². The van der Waals surface area contributed by atoms with Crippen LogP contribution in [-0.2, 0) is 19.5 Å². The van der Waals surface area contributed by atoms with Gasteiger partial charge in [-0.05, 0) is 48.7 Å². The van der Waals surface area contributed by atoms with Gasteiger partial charge in [-0.3, -0.25) is 0 Å². The Kier molecular flexibility index (Phi) is 5.54. The van der Waals surface area contributed by atoms with Crippen LogP contribution >= 0.6 is 0 Å². The summed E-state index contributed by atoms with van der Waals surface area (Å²) in [5.41, 5.74) is 5.87. The number of halogens is 1. The summed E-state index contributed by atoms with van der Waals surface area (Å²) in [6, 6.07) is 24.2. The summed E-state index contributed by atoms with van der Waals surface area (Å²) >= 11 is 0. The molecule has 1 aromatic heterocycles. The van der Waals surface area contributed by atoms with Crippen LogP contribution in [0.2, 0.25) is 0 Å². The largest absolute Gasteiger partial charge is 0.343 e. The van der Waals surface area contributed by atoms with Gasteiger partial charge in [0.2, 0.25) is 0 Å². The summed E-state index contributed by atoms with van der Waals surface area (Å²) in [6.07, 6.45) is 2.93. The number of aryl methyl sites for hydroxylation is 1. The average molecular weight is 372 g/mol. The predicted octanol–water partition coefficient (Wildman–Crippen LogP) is 5.47. The number of aromatic nitrogens is 1. The fraction of sp³-hybridized carbons (Fsp3) is 0.200. The van der Waals surface area contributed by atoms with E-state index in [0.29, 0.717) is 6.42 Å². The molecule has 0 saturated carbocycles. The van der Waals surface area contributed by atoms with Gasteiger partial charge in [-0.15, -0.1) is 0 Å². The molecule has 0 bridgehead atoms. The zero-order valence-corrected chi connectivity index (χ0v) is 16.2. The standard InChI is InChI=1S/C25H25FN2/c1-19-7-6-8-20(15-19)17-28-18-22(23-10-3-5-12-25(23)28)16-27-14-13-21-9-2-4-11-24(21)26/h2-12,15,18,27H,13-14,16-17H2,1H3. The molecule has 28 heavy (non-hydrogen) atoms. The van der Waals surface area contributed by atoms with E-state index < -0.39 is 0 Å². The maximum Gasteiger partial charge on any atom is 0.126 e. The lowest BCUT2D eigenvalue weighted by Crippen LogP contribution is -2.17. The highest BCUT2D eigenvalue weighted by Crippen LogP contribution is 2.22. The minimum absolute atomic E-state index is 0.126. The van der Waals surface area contributed by atoms with Crippen LogP contribution in [0.25, 0.3) is 10.9 Å². The van der Waals surface area contributed by atoms with Crippen LogP contribution in [0.1, 0.15) is 22.3 Å². The molecule has 0 spiro atoms. The van der Waals surface area contributed by atoms with Crippen molar-refractivity contribution in [3.63, 3.8) is 0 Å². The Morgan fingerprint density at radius 1 is 0.893 bits per heavy atom. The molecule has 0 atom stereocenters. The fourth-order valence-electron chi connectivity index (χ4n) is 3.75. The number of rotatable bonds is 7. The van der Waals surface area contributed by atoms with Crippen LogP contribution in [0.5, 0.6) is 0 Å². The third kappa shape index (κ3) is 4.15. The minimum Gasteiger partial charge on any atom is -0.343 e. The molecule has 4 rings (SSSR count). The molecule has 0 aliphatic rings. The van der Waals surface area contributed by atoms with E-state index >= 15 is 0 Å². The highest BCUT2D eigenvalue weighted by atomic mass is 19.1. The van der Waals surface area contributed by atoms with E-state index in [1.807, 2.05) is 12.1 Å². The van der Waals surface area contributed by atoms with Crippen molar-refractivity contribution in [3.05, 3.63) is 107 Å². The van der Waals surface area contributed by atoms with E-state index in [1.54, 1.807) is 6.07 Å². The van der Waals surface area contributed by atoms with Gasteiger partial charge in [-0.1, -0.05) is 66.2 Å². The third-order valence-electron chi connectivity index (χ3n) is 5.15. The van der Waals surface area contributed by atoms with E-state index in [-0.39, 0.29) is 5.82 Å². The number of nitrogens with zero attached hydrogens (tertiary/aromatic N) is 1. The Morgan fingerprint density at radius 3 is 2.57 bits per heavy atom. The second-order valence-electron chi connectivity index (χ2n) is 7.31. The van der Waals surface area contributed by atoms with Crippen LogP contribution in [-0.4, -0.2) is 11.1 Å². The van der Waals surface area contributed by atoms with Gasteiger partial charge in [-0.25, -0.2) is 4.39 Å². The molecule has 3 heteroatoms. The van der Waals surface area contributed by atoms with Crippen molar-refractivity contribution in [2.75, 3.05) is 6.54 Å². The first-order valence-electron chi connectivity index (χ1n) is 9.77. The van der Waals surface area contributed by atoms with Crippen molar-refractivity contribution >= 4 is 10.9 Å². The summed E-state index contributed by atoms with van der Waals surface area (Å²) < 4.78 is 16.1. The maximum atomic E-state index is 13.8. The molecule has 0 aliphatic carbocycles. The minimum atomic E-state index is -0.126. The summed E-state index contributed by atoms with van der Waals surface area (Å²) in [6.45, 7) is 4.51. The number of hydrogen-bond donors (Lipinski definition) is 1. The Hall–Kier alpha value is -2.91. The first kappa shape index (κ1) is 18.5. The van der Waals surface area contributed by atoms with Gasteiger partial charge in [-0.2, -0.15) is 0 Å². The number of benzene rings is 3. The number of nitrogens with one attached hydrogen (secondary N) is 1. The van der Waals surface area contributed by atoms with Crippen LogP contribution in [0, 0.1) is 12.7 Å². The normalized spacial score (nSPS) is 11.2. The lowest BCUT2D eigenvalue weighted by Gasteiger charge is -2.06. The van der Waals surface area contributed by atoms with Gasteiger partial charge in [0.15, 0.2) is 0 Å². The predicted molar refractivity (Wildman–Crippen MR) is 114 cm³/mol. The Morgan fingerprint density at radius 2 is 1.71 bits per heavy atom. The SMILES string of the molecule is Cc1cccc(Cn2cc(CNCCc3ccccc3F)c3ccccc32)c1. The highest BCUT2D eigenvalue weighted by Gasteiger charge is 2.09. The van der Waals surface area contributed by atoms with Crippen molar-refractivity contribution < 1.29 is 4.39 Å². The summed E-state index contributed by atoms with van der Waals surface area (Å²) in [7, 11) is 0. The lowest BCUT2D eigenvalue weighted by atomic mass is 10.1. The molecular formula is C25H25FN2. The van der Waals surface area contributed by atoms with E-state index in [9.17, 15) is 4.39 Å². The molecule has 1 N–H and O–H groups in total. The molecule has 1 heterocycles. The van der Waals surface area contributed by atoms with E-state index in [2.05, 4.69) is 71.5 Å². The first-order valence-corrected chi connectivity index (χ1v) is 9.77. The summed E-state index contributed by atoms with van der Waals surface area (Å²) in [4.78, 5) is 0. The van der Waals surface area contributed by atoms with Gasteiger partial charge in [0.05, 0.1) is 0 Å². The average Bonchev–Trinajstić information content (AvgIpc) is 3.04. The van der Waals surface area contributed by atoms with Crippen LogP contribution in [0.15, 0.2) is 79.0 Å². The maximum absolute atomic E-state index is 13.8. The van der Waals surface area contributed by atoms with Crippen LogP contribution in [0.3, 0.4) is 0 Å². The van der Waals surface area contributed by atoms with Crippen molar-refractivity contribution in [3.8, 4) is 0 Å². The van der Waals surface area contributed by atoms with Crippen LogP contribution < -0.4 is 5.32 Å². The highest BCUT2D eigenvalue weighted by molar-refractivity contribution is 5.84. The molecule has 0 saturated heterocycles. The number of fused-ring (bicyclic) bond motifs is 1.